The van der Waals surface area contributed by atoms with Crippen molar-refractivity contribution in [2.24, 2.45) is 0 Å². The van der Waals surface area contributed by atoms with Crippen molar-refractivity contribution in [1.29, 1.82) is 0 Å². The highest BCUT2D eigenvalue weighted by molar-refractivity contribution is 9.11. The highest BCUT2D eigenvalue weighted by Crippen LogP contribution is 2.29. The molecule has 106 valence electrons. The number of sulfonamides is 1. The van der Waals surface area contributed by atoms with Gasteiger partial charge in [0.05, 0.1) is 15.6 Å². The number of hydrogen-bond acceptors (Lipinski definition) is 3. The van der Waals surface area contributed by atoms with Gasteiger partial charge in [-0.05, 0) is 68.3 Å². The van der Waals surface area contributed by atoms with Gasteiger partial charge in [-0.2, -0.15) is 0 Å². The number of rotatable bonds is 3. The van der Waals surface area contributed by atoms with Crippen molar-refractivity contribution in [2.45, 2.75) is 4.90 Å². The highest BCUT2D eigenvalue weighted by atomic mass is 79.9. The van der Waals surface area contributed by atoms with E-state index in [-0.39, 0.29) is 4.90 Å². The Morgan fingerprint density at radius 1 is 1.05 bits per heavy atom. The molecule has 0 saturated carbocycles. The Labute approximate surface area is 138 Å². The van der Waals surface area contributed by atoms with Crippen molar-refractivity contribution in [3.63, 3.8) is 0 Å². The second-order valence-electron chi connectivity index (χ2n) is 3.92. The minimum Gasteiger partial charge on any atom is -0.399 e. The Hall–Kier alpha value is -0.760. The van der Waals surface area contributed by atoms with Crippen LogP contribution in [0.3, 0.4) is 0 Å². The van der Waals surface area contributed by atoms with E-state index in [4.69, 9.17) is 17.3 Å². The zero-order chi connectivity index (χ0) is 14.9. The number of hydrogen-bond donors (Lipinski definition) is 2. The van der Waals surface area contributed by atoms with Gasteiger partial charge in [0.15, 0.2) is 0 Å². The lowest BCUT2D eigenvalue weighted by Gasteiger charge is -2.11. The van der Waals surface area contributed by atoms with Crippen molar-refractivity contribution in [3.8, 4) is 0 Å². The SMILES string of the molecule is Nc1ccc(Br)c(NS(=O)(=O)c2ccc(Cl)c(Br)c2)c1. The molecule has 0 aliphatic heterocycles. The molecule has 0 saturated heterocycles. The Kier molecular flexibility index (Phi) is 4.63. The smallest absolute Gasteiger partial charge is 0.261 e. The number of halogens is 3. The summed E-state index contributed by atoms with van der Waals surface area (Å²) in [7, 11) is -3.72. The van der Waals surface area contributed by atoms with Gasteiger partial charge in [-0.15, -0.1) is 0 Å². The van der Waals surface area contributed by atoms with Crippen molar-refractivity contribution in [3.05, 3.63) is 50.4 Å². The largest absolute Gasteiger partial charge is 0.399 e. The summed E-state index contributed by atoms with van der Waals surface area (Å²) in [6.07, 6.45) is 0. The van der Waals surface area contributed by atoms with Crippen LogP contribution in [0.1, 0.15) is 0 Å². The maximum atomic E-state index is 12.3. The molecule has 2 aromatic rings. The second-order valence-corrected chi connectivity index (χ2v) is 7.72. The van der Waals surface area contributed by atoms with Gasteiger partial charge in [-0.3, -0.25) is 4.72 Å². The molecule has 0 heterocycles. The van der Waals surface area contributed by atoms with Crippen LogP contribution in [0.25, 0.3) is 0 Å². The van der Waals surface area contributed by atoms with E-state index >= 15 is 0 Å². The summed E-state index contributed by atoms with van der Waals surface area (Å²) >= 11 is 12.3. The number of nitrogens with one attached hydrogen (secondary N) is 1. The third-order valence-electron chi connectivity index (χ3n) is 2.44. The summed E-state index contributed by atoms with van der Waals surface area (Å²) in [5, 5.41) is 0.439. The maximum Gasteiger partial charge on any atom is 0.261 e. The Morgan fingerprint density at radius 2 is 1.75 bits per heavy atom. The first-order valence-electron chi connectivity index (χ1n) is 5.32. The quantitative estimate of drug-likeness (QED) is 0.701. The number of anilines is 2. The molecule has 8 heteroatoms. The van der Waals surface area contributed by atoms with E-state index in [1.807, 2.05) is 0 Å². The van der Waals surface area contributed by atoms with E-state index in [2.05, 4.69) is 36.6 Å². The van der Waals surface area contributed by atoms with E-state index < -0.39 is 10.0 Å². The van der Waals surface area contributed by atoms with E-state index in [1.54, 1.807) is 12.1 Å². The average Bonchev–Trinajstić information content (AvgIpc) is 2.36. The van der Waals surface area contributed by atoms with Crippen LogP contribution in [-0.2, 0) is 10.0 Å². The molecule has 0 aliphatic rings. The molecule has 3 N–H and O–H groups in total. The van der Waals surface area contributed by atoms with E-state index in [0.717, 1.165) is 0 Å². The first kappa shape index (κ1) is 15.6. The summed E-state index contributed by atoms with van der Waals surface area (Å²) in [5.41, 5.74) is 6.48. The molecule has 0 radical (unpaired) electrons. The maximum absolute atomic E-state index is 12.3. The van der Waals surface area contributed by atoms with Crippen molar-refractivity contribution < 1.29 is 8.42 Å². The normalized spacial score (nSPS) is 11.3. The molecular formula is C12H9Br2ClN2O2S. The van der Waals surface area contributed by atoms with E-state index in [1.165, 1.54) is 24.3 Å². The van der Waals surface area contributed by atoms with Crippen LogP contribution in [0.15, 0.2) is 50.2 Å². The average molecular weight is 441 g/mol. The minimum absolute atomic E-state index is 0.100. The molecule has 20 heavy (non-hydrogen) atoms. The summed E-state index contributed by atoms with van der Waals surface area (Å²) in [4.78, 5) is 0.100. The number of benzene rings is 2. The van der Waals surface area contributed by atoms with Crippen molar-refractivity contribution in [2.75, 3.05) is 10.5 Å². The van der Waals surface area contributed by atoms with Crippen molar-refractivity contribution in [1.82, 2.24) is 0 Å². The molecule has 0 aromatic heterocycles. The lowest BCUT2D eigenvalue weighted by Crippen LogP contribution is -2.13. The van der Waals surface area contributed by atoms with Crippen molar-refractivity contribution >= 4 is 64.9 Å². The Morgan fingerprint density at radius 3 is 2.40 bits per heavy atom. The summed E-state index contributed by atoms with van der Waals surface area (Å²) in [6.45, 7) is 0. The Balaban J connectivity index is 2.40. The molecule has 0 bridgehead atoms. The van der Waals surface area contributed by atoms with Crippen LogP contribution in [0.5, 0.6) is 0 Å². The fourth-order valence-corrected chi connectivity index (χ4v) is 3.69. The number of nitrogens with two attached hydrogens (primary N) is 1. The van der Waals surface area contributed by atoms with Crippen LogP contribution < -0.4 is 10.5 Å². The van der Waals surface area contributed by atoms with Gasteiger partial charge >= 0.3 is 0 Å². The predicted molar refractivity (Wildman–Crippen MR) is 88.5 cm³/mol. The standard InChI is InChI=1S/C12H9Br2ClN2O2S/c13-9-3-1-7(16)5-12(9)17-20(18,19)8-2-4-11(15)10(14)6-8/h1-6,17H,16H2. The lowest BCUT2D eigenvalue weighted by molar-refractivity contribution is 0.601. The molecular weight excluding hydrogens is 431 g/mol. The van der Waals surface area contributed by atoms with Gasteiger partial charge in [0.2, 0.25) is 0 Å². The zero-order valence-corrected chi connectivity index (χ0v) is 14.6. The monoisotopic (exact) mass is 438 g/mol. The van der Waals surface area contributed by atoms with Gasteiger partial charge in [0.25, 0.3) is 10.0 Å². The minimum atomic E-state index is -3.72. The van der Waals surface area contributed by atoms with Gasteiger partial charge in [-0.25, -0.2) is 8.42 Å². The van der Waals surface area contributed by atoms with Crippen LogP contribution in [0, 0.1) is 0 Å². The fourth-order valence-electron chi connectivity index (χ4n) is 1.47. The van der Waals surface area contributed by atoms with Crippen LogP contribution in [-0.4, -0.2) is 8.42 Å². The van der Waals surface area contributed by atoms with Crippen LogP contribution in [0.4, 0.5) is 11.4 Å². The third kappa shape index (κ3) is 3.46. The first-order valence-corrected chi connectivity index (χ1v) is 8.77. The topological polar surface area (TPSA) is 72.2 Å². The van der Waals surface area contributed by atoms with Gasteiger partial charge < -0.3 is 5.73 Å². The van der Waals surface area contributed by atoms with Crippen LogP contribution in [0.2, 0.25) is 5.02 Å². The van der Waals surface area contributed by atoms with Gasteiger partial charge in [0.1, 0.15) is 0 Å². The van der Waals surface area contributed by atoms with Gasteiger partial charge in [-0.1, -0.05) is 11.6 Å². The molecule has 0 spiro atoms. The molecule has 2 aromatic carbocycles. The predicted octanol–water partition coefficient (Wildman–Crippen LogP) is 4.25. The zero-order valence-electron chi connectivity index (χ0n) is 9.90. The molecule has 0 amide bonds. The molecule has 4 nitrogen and oxygen atoms in total. The summed E-state index contributed by atoms with van der Waals surface area (Å²) in [6, 6.07) is 9.24. The Bertz CT molecular complexity index is 766. The van der Waals surface area contributed by atoms with Gasteiger partial charge in [0, 0.05) is 14.6 Å². The van der Waals surface area contributed by atoms with E-state index in [9.17, 15) is 8.42 Å². The third-order valence-corrected chi connectivity index (χ3v) is 5.70. The van der Waals surface area contributed by atoms with Crippen LogP contribution >= 0.6 is 43.5 Å². The number of nitrogen functional groups attached to an aromatic ring is 1. The fraction of sp³-hybridized carbons (Fsp3) is 0. The molecule has 0 aliphatic carbocycles. The summed E-state index contributed by atoms with van der Waals surface area (Å²) in [5.74, 6) is 0. The molecule has 0 atom stereocenters. The molecule has 0 unspecified atom stereocenters. The lowest BCUT2D eigenvalue weighted by atomic mass is 10.3. The highest BCUT2D eigenvalue weighted by Gasteiger charge is 2.17. The first-order chi connectivity index (χ1) is 9.29. The molecule has 2 rings (SSSR count). The van der Waals surface area contributed by atoms with E-state index in [0.29, 0.717) is 25.3 Å². The summed E-state index contributed by atoms with van der Waals surface area (Å²) < 4.78 is 28.2. The second kappa shape index (κ2) is 5.93. The molecule has 0 fully saturated rings.